The Balaban J connectivity index is 1.18. The van der Waals surface area contributed by atoms with Crippen molar-refractivity contribution >= 4 is 33.2 Å². The van der Waals surface area contributed by atoms with Gasteiger partial charge in [-0.3, -0.25) is 0 Å². The van der Waals surface area contributed by atoms with Gasteiger partial charge in [-0.05, 0) is 99.1 Å². The van der Waals surface area contributed by atoms with Crippen LogP contribution in [-0.2, 0) is 10.8 Å². The van der Waals surface area contributed by atoms with Gasteiger partial charge in [-0.15, -0.1) is 0 Å². The van der Waals surface area contributed by atoms with E-state index in [2.05, 4.69) is 165 Å². The predicted octanol–water partition coefficient (Wildman–Crippen LogP) is 11.1. The third kappa shape index (κ3) is 3.37. The first-order valence-corrected chi connectivity index (χ1v) is 15.6. The molecule has 0 fully saturated rings. The summed E-state index contributed by atoms with van der Waals surface area (Å²) in [6, 6.07) is 47.1. The zero-order valence-corrected chi connectivity index (χ0v) is 25.6. The van der Waals surface area contributed by atoms with Crippen molar-refractivity contribution in [3.63, 3.8) is 0 Å². The average Bonchev–Trinajstić information content (AvgIpc) is 3.49. The van der Waals surface area contributed by atoms with Crippen LogP contribution in [0, 0.1) is 0 Å². The van der Waals surface area contributed by atoms with Crippen molar-refractivity contribution in [2.45, 2.75) is 38.5 Å². The maximum Gasteiger partial charge on any atom is 0.0541 e. The largest absolute Gasteiger partial charge is 0.355 e. The van der Waals surface area contributed by atoms with E-state index in [1.165, 1.54) is 83.4 Å². The topological polar surface area (TPSA) is 17.0 Å². The van der Waals surface area contributed by atoms with Gasteiger partial charge in [0.15, 0.2) is 0 Å². The highest BCUT2D eigenvalue weighted by Gasteiger charge is 2.40. The molecule has 1 aliphatic heterocycles. The standard InChI is InChI=1S/C42H34N2/c1-41(2)33-16-10-8-14-29(33)31-24-36-38(25-34(31)41)43-37-20-18-27(23-35(37)42(36,3)4)26-19-21-40-32(22-26)30-15-9-11-17-39(30)44(40)28-12-6-5-7-13-28/h5-25,43H,1-4H3. The van der Waals surface area contributed by atoms with E-state index in [4.69, 9.17) is 0 Å². The average molecular weight is 567 g/mol. The molecule has 2 heterocycles. The zero-order chi connectivity index (χ0) is 29.8. The van der Waals surface area contributed by atoms with E-state index < -0.39 is 0 Å². The predicted molar refractivity (Wildman–Crippen MR) is 186 cm³/mol. The van der Waals surface area contributed by atoms with Crippen molar-refractivity contribution in [1.82, 2.24) is 4.57 Å². The van der Waals surface area contributed by atoms with Crippen LogP contribution in [0.1, 0.15) is 49.9 Å². The normalized spacial score (nSPS) is 15.4. The number of anilines is 2. The van der Waals surface area contributed by atoms with Crippen LogP contribution >= 0.6 is 0 Å². The van der Waals surface area contributed by atoms with Crippen molar-refractivity contribution in [3.05, 3.63) is 150 Å². The minimum Gasteiger partial charge on any atom is -0.355 e. The molecule has 6 aromatic carbocycles. The van der Waals surface area contributed by atoms with Crippen LogP contribution in [-0.4, -0.2) is 4.57 Å². The molecule has 44 heavy (non-hydrogen) atoms. The number of para-hydroxylation sites is 2. The molecule has 7 aromatic rings. The summed E-state index contributed by atoms with van der Waals surface area (Å²) in [7, 11) is 0. The summed E-state index contributed by atoms with van der Waals surface area (Å²) in [5.41, 5.74) is 16.6. The minimum atomic E-state index is -0.157. The summed E-state index contributed by atoms with van der Waals surface area (Å²) in [6.07, 6.45) is 0. The molecule has 0 unspecified atom stereocenters. The lowest BCUT2D eigenvalue weighted by Crippen LogP contribution is -2.27. The van der Waals surface area contributed by atoms with Crippen LogP contribution in [0.2, 0.25) is 0 Å². The van der Waals surface area contributed by atoms with Crippen LogP contribution in [0.15, 0.2) is 127 Å². The van der Waals surface area contributed by atoms with Gasteiger partial charge >= 0.3 is 0 Å². The Kier molecular flexibility index (Phi) is 5.05. The van der Waals surface area contributed by atoms with Gasteiger partial charge in [0, 0.05) is 38.7 Å². The number of hydrogen-bond acceptors (Lipinski definition) is 1. The lowest BCUT2D eigenvalue weighted by Gasteiger charge is -2.37. The summed E-state index contributed by atoms with van der Waals surface area (Å²) in [5, 5.41) is 6.40. The molecular formula is C42H34N2. The molecule has 0 radical (unpaired) electrons. The molecule has 9 rings (SSSR count). The summed E-state index contributed by atoms with van der Waals surface area (Å²) in [4.78, 5) is 0. The second kappa shape index (κ2) is 8.74. The molecule has 0 saturated heterocycles. The van der Waals surface area contributed by atoms with Crippen LogP contribution in [0.25, 0.3) is 49.7 Å². The monoisotopic (exact) mass is 566 g/mol. The van der Waals surface area contributed by atoms with Crippen LogP contribution < -0.4 is 5.32 Å². The van der Waals surface area contributed by atoms with E-state index in [1.54, 1.807) is 0 Å². The number of benzene rings is 6. The number of nitrogens with zero attached hydrogens (tertiary/aromatic N) is 1. The molecule has 2 nitrogen and oxygen atoms in total. The zero-order valence-electron chi connectivity index (χ0n) is 25.6. The lowest BCUT2D eigenvalue weighted by molar-refractivity contribution is 0.633. The van der Waals surface area contributed by atoms with E-state index in [0.717, 1.165) is 0 Å². The van der Waals surface area contributed by atoms with Crippen LogP contribution in [0.4, 0.5) is 11.4 Å². The molecule has 2 aliphatic rings. The number of nitrogens with one attached hydrogen (secondary N) is 1. The molecule has 1 aliphatic carbocycles. The van der Waals surface area contributed by atoms with Gasteiger partial charge in [0.2, 0.25) is 0 Å². The fourth-order valence-corrected chi connectivity index (χ4v) is 8.02. The summed E-state index contributed by atoms with van der Waals surface area (Å²) in [6.45, 7) is 9.47. The van der Waals surface area contributed by atoms with Crippen molar-refractivity contribution in [1.29, 1.82) is 0 Å². The Morgan fingerprint density at radius 3 is 1.98 bits per heavy atom. The maximum atomic E-state index is 3.84. The smallest absolute Gasteiger partial charge is 0.0541 e. The summed E-state index contributed by atoms with van der Waals surface area (Å²) in [5.74, 6) is 0. The van der Waals surface area contributed by atoms with Gasteiger partial charge in [-0.1, -0.05) is 100 Å². The Hall–Kier alpha value is -5.08. The van der Waals surface area contributed by atoms with Crippen LogP contribution in [0.5, 0.6) is 0 Å². The summed E-state index contributed by atoms with van der Waals surface area (Å²) >= 11 is 0. The Morgan fingerprint density at radius 1 is 0.455 bits per heavy atom. The van der Waals surface area contributed by atoms with Gasteiger partial charge < -0.3 is 9.88 Å². The lowest BCUT2D eigenvalue weighted by atomic mass is 9.72. The number of fused-ring (bicyclic) bond motifs is 8. The molecule has 0 atom stereocenters. The van der Waals surface area contributed by atoms with E-state index in [9.17, 15) is 0 Å². The van der Waals surface area contributed by atoms with Crippen molar-refractivity contribution < 1.29 is 0 Å². The fraction of sp³-hybridized carbons (Fsp3) is 0.143. The molecule has 0 spiro atoms. The van der Waals surface area contributed by atoms with E-state index in [-0.39, 0.29) is 10.8 Å². The molecule has 0 bridgehead atoms. The maximum absolute atomic E-state index is 3.84. The first kappa shape index (κ1) is 25.4. The SMILES string of the molecule is CC1(C)c2cc(-c3ccc4c(c3)c3ccccc3n4-c3ccccc3)ccc2Nc2cc3c(cc21)-c1ccccc1C3(C)C. The molecule has 212 valence electrons. The van der Waals surface area contributed by atoms with Gasteiger partial charge in [-0.25, -0.2) is 0 Å². The van der Waals surface area contributed by atoms with E-state index in [0.29, 0.717) is 0 Å². The van der Waals surface area contributed by atoms with Crippen molar-refractivity contribution in [3.8, 4) is 27.9 Å². The van der Waals surface area contributed by atoms with Crippen LogP contribution in [0.3, 0.4) is 0 Å². The highest BCUT2D eigenvalue weighted by Crippen LogP contribution is 2.54. The van der Waals surface area contributed by atoms with Crippen molar-refractivity contribution in [2.24, 2.45) is 0 Å². The second-order valence-corrected chi connectivity index (χ2v) is 13.5. The number of aromatic nitrogens is 1. The second-order valence-electron chi connectivity index (χ2n) is 13.5. The molecular weight excluding hydrogens is 532 g/mol. The molecule has 1 N–H and O–H groups in total. The Labute approximate surface area is 258 Å². The first-order valence-electron chi connectivity index (χ1n) is 15.6. The highest BCUT2D eigenvalue weighted by atomic mass is 15.0. The third-order valence-electron chi connectivity index (χ3n) is 10.4. The first-order chi connectivity index (χ1) is 21.3. The van der Waals surface area contributed by atoms with Gasteiger partial charge in [0.1, 0.15) is 0 Å². The Bertz CT molecular complexity index is 2300. The highest BCUT2D eigenvalue weighted by molar-refractivity contribution is 6.10. The minimum absolute atomic E-state index is 0.0147. The molecule has 2 heteroatoms. The van der Waals surface area contributed by atoms with E-state index in [1.807, 2.05) is 0 Å². The van der Waals surface area contributed by atoms with Crippen molar-refractivity contribution in [2.75, 3.05) is 5.32 Å². The fourth-order valence-electron chi connectivity index (χ4n) is 8.02. The summed E-state index contributed by atoms with van der Waals surface area (Å²) < 4.78 is 2.38. The van der Waals surface area contributed by atoms with E-state index >= 15 is 0 Å². The van der Waals surface area contributed by atoms with Gasteiger partial charge in [0.05, 0.1) is 11.0 Å². The molecule has 0 amide bonds. The number of hydrogen-bond donors (Lipinski definition) is 1. The van der Waals surface area contributed by atoms with Gasteiger partial charge in [0.25, 0.3) is 0 Å². The number of rotatable bonds is 2. The third-order valence-corrected chi connectivity index (χ3v) is 10.4. The Morgan fingerprint density at radius 2 is 1.11 bits per heavy atom. The quantitative estimate of drug-likeness (QED) is 0.220. The molecule has 1 aromatic heterocycles. The van der Waals surface area contributed by atoms with Gasteiger partial charge in [-0.2, -0.15) is 0 Å². The molecule has 0 saturated carbocycles.